The van der Waals surface area contributed by atoms with E-state index in [4.69, 9.17) is 39.5 Å². The second kappa shape index (κ2) is 6.59. The average molecular weight is 378 g/mol. The maximum atomic E-state index is 12.3. The molecule has 8 heteroatoms. The molecule has 0 bridgehead atoms. The van der Waals surface area contributed by atoms with Gasteiger partial charge in [0.05, 0.1) is 5.69 Å². The Kier molecular flexibility index (Phi) is 5.14. The zero-order valence-corrected chi connectivity index (χ0v) is 14.8. The third-order valence-corrected chi connectivity index (χ3v) is 3.63. The smallest absolute Gasteiger partial charge is 0.276 e. The van der Waals surface area contributed by atoms with Gasteiger partial charge < -0.3 is 15.0 Å². The number of amides is 2. The predicted octanol–water partition coefficient (Wildman–Crippen LogP) is 3.69. The predicted molar refractivity (Wildman–Crippen MR) is 92.6 cm³/mol. The molecule has 23 heavy (non-hydrogen) atoms. The van der Waals surface area contributed by atoms with E-state index < -0.39 is 15.8 Å². The lowest BCUT2D eigenvalue weighted by Crippen LogP contribution is -2.45. The number of anilines is 2. The number of nitrogens with zero attached hydrogens (tertiary/aromatic N) is 1. The van der Waals surface area contributed by atoms with Crippen molar-refractivity contribution in [2.75, 3.05) is 16.8 Å². The van der Waals surface area contributed by atoms with Crippen molar-refractivity contribution in [3.8, 4) is 5.75 Å². The van der Waals surface area contributed by atoms with Crippen molar-refractivity contribution in [2.45, 2.75) is 23.7 Å². The van der Waals surface area contributed by atoms with Crippen molar-refractivity contribution in [1.82, 2.24) is 0 Å². The van der Waals surface area contributed by atoms with E-state index in [1.165, 1.54) is 0 Å². The minimum Gasteiger partial charge on any atom is -0.479 e. The molecule has 1 heterocycles. The van der Waals surface area contributed by atoms with Crippen LogP contribution in [-0.4, -0.2) is 28.3 Å². The topological polar surface area (TPSA) is 58.6 Å². The van der Waals surface area contributed by atoms with E-state index in [-0.39, 0.29) is 5.91 Å². The fraction of sp³-hybridized carbons (Fsp3) is 0.333. The number of fused-ring (bicyclic) bond motifs is 1. The lowest BCUT2D eigenvalue weighted by atomic mass is 10.1. The van der Waals surface area contributed by atoms with Gasteiger partial charge in [0.15, 0.2) is 6.10 Å². The molecule has 0 aliphatic carbocycles. The molecule has 1 aromatic rings. The second-order valence-corrected chi connectivity index (χ2v) is 7.56. The largest absolute Gasteiger partial charge is 0.479 e. The first-order chi connectivity index (χ1) is 10.6. The van der Waals surface area contributed by atoms with Crippen LogP contribution in [0, 0.1) is 0 Å². The lowest BCUT2D eigenvalue weighted by Gasteiger charge is -2.33. The number of hydrogen-bond donors (Lipinski definition) is 1. The normalized spacial score (nSPS) is 17.3. The van der Waals surface area contributed by atoms with Gasteiger partial charge >= 0.3 is 0 Å². The fourth-order valence-electron chi connectivity index (χ4n) is 2.12. The van der Waals surface area contributed by atoms with Crippen LogP contribution < -0.4 is 15.0 Å². The summed E-state index contributed by atoms with van der Waals surface area (Å²) < 4.78 is 3.50. The van der Waals surface area contributed by atoms with Gasteiger partial charge in [-0.05, 0) is 32.0 Å². The molecule has 0 saturated carbocycles. The molecular weight excluding hydrogens is 363 g/mol. The number of carbonyl (C=O) groups excluding carboxylic acids is 2. The van der Waals surface area contributed by atoms with E-state index >= 15 is 0 Å². The minimum atomic E-state index is -2.08. The van der Waals surface area contributed by atoms with Crippen molar-refractivity contribution in [3.05, 3.63) is 30.4 Å². The summed E-state index contributed by atoms with van der Waals surface area (Å²) in [5, 5.41) is 2.48. The van der Waals surface area contributed by atoms with Crippen LogP contribution in [0.2, 0.25) is 0 Å². The summed E-state index contributed by atoms with van der Waals surface area (Å²) in [5.41, 5.74) is 1.73. The highest BCUT2D eigenvalue weighted by Gasteiger charge is 2.33. The summed E-state index contributed by atoms with van der Waals surface area (Å²) >= 11 is 16.6. The maximum absolute atomic E-state index is 12.3. The summed E-state index contributed by atoms with van der Waals surface area (Å²) in [6, 6.07) is 4.85. The Morgan fingerprint density at radius 3 is 2.65 bits per heavy atom. The van der Waals surface area contributed by atoms with Gasteiger partial charge in [-0.25, -0.2) is 0 Å². The molecule has 0 spiro atoms. The van der Waals surface area contributed by atoms with E-state index in [2.05, 4.69) is 11.9 Å². The molecule has 1 unspecified atom stereocenters. The lowest BCUT2D eigenvalue weighted by molar-refractivity contribution is -0.125. The molecule has 1 aromatic carbocycles. The van der Waals surface area contributed by atoms with Gasteiger partial charge in [0.1, 0.15) is 5.75 Å². The summed E-state index contributed by atoms with van der Waals surface area (Å²) in [5.74, 6) is -0.444. The first-order valence-corrected chi connectivity index (χ1v) is 7.87. The van der Waals surface area contributed by atoms with Gasteiger partial charge in [-0.1, -0.05) is 47.0 Å². The van der Waals surface area contributed by atoms with Crippen molar-refractivity contribution in [3.63, 3.8) is 0 Å². The van der Waals surface area contributed by atoms with Gasteiger partial charge in [0.2, 0.25) is 0 Å². The molecule has 2 rings (SSSR count). The Labute approximate surface area is 149 Å². The second-order valence-electron chi connectivity index (χ2n) is 5.28. The summed E-state index contributed by atoms with van der Waals surface area (Å²) in [6.07, 6.45) is -0.594. The summed E-state index contributed by atoms with van der Waals surface area (Å²) in [7, 11) is 0. The molecule has 0 saturated heterocycles. The summed E-state index contributed by atoms with van der Waals surface area (Å²) in [6.45, 7) is 7.67. The molecule has 1 atom stereocenters. The van der Waals surface area contributed by atoms with E-state index in [1.54, 1.807) is 30.0 Å². The quantitative estimate of drug-likeness (QED) is 0.645. The van der Waals surface area contributed by atoms with E-state index in [9.17, 15) is 9.59 Å². The average Bonchev–Trinajstić information content (AvgIpc) is 2.43. The Morgan fingerprint density at radius 2 is 2.09 bits per heavy atom. The SMILES string of the molecule is C=C(C)CN1C(=O)C(C)Oc2ccc(NC(=O)C(Cl)(Cl)Cl)cc21. The van der Waals surface area contributed by atoms with Crippen LogP contribution in [0.3, 0.4) is 0 Å². The zero-order chi connectivity index (χ0) is 17.4. The van der Waals surface area contributed by atoms with Crippen LogP contribution in [0.25, 0.3) is 0 Å². The first-order valence-electron chi connectivity index (χ1n) is 6.74. The number of ether oxygens (including phenoxy) is 1. The highest BCUT2D eigenvalue weighted by Crippen LogP contribution is 2.37. The van der Waals surface area contributed by atoms with Crippen molar-refractivity contribution >= 4 is 58.0 Å². The molecule has 0 aromatic heterocycles. The number of halogens is 3. The molecule has 0 radical (unpaired) electrons. The van der Waals surface area contributed by atoms with Gasteiger partial charge in [-0.15, -0.1) is 0 Å². The Hall–Kier alpha value is -1.43. The molecule has 0 fully saturated rings. The molecule has 1 aliphatic rings. The molecule has 124 valence electrons. The molecule has 1 aliphatic heterocycles. The maximum Gasteiger partial charge on any atom is 0.276 e. The number of carbonyl (C=O) groups is 2. The number of benzene rings is 1. The molecule has 2 amide bonds. The molecular formula is C15H15Cl3N2O3. The first kappa shape index (κ1) is 17.9. The van der Waals surface area contributed by atoms with Crippen LogP contribution in [0.4, 0.5) is 11.4 Å². The van der Waals surface area contributed by atoms with Gasteiger partial charge in [-0.2, -0.15) is 0 Å². The third kappa shape index (κ3) is 4.10. The zero-order valence-electron chi connectivity index (χ0n) is 12.5. The number of hydrogen-bond acceptors (Lipinski definition) is 3. The number of alkyl halides is 3. The molecule has 5 nitrogen and oxygen atoms in total. The van der Waals surface area contributed by atoms with Gasteiger partial charge in [-0.3, -0.25) is 9.59 Å². The van der Waals surface area contributed by atoms with Crippen molar-refractivity contribution < 1.29 is 14.3 Å². The van der Waals surface area contributed by atoms with Crippen LogP contribution in [0.5, 0.6) is 5.75 Å². The fourth-order valence-corrected chi connectivity index (χ4v) is 2.26. The van der Waals surface area contributed by atoms with Crippen LogP contribution >= 0.6 is 34.8 Å². The van der Waals surface area contributed by atoms with Gasteiger partial charge in [0.25, 0.3) is 15.6 Å². The van der Waals surface area contributed by atoms with Crippen LogP contribution in [0.15, 0.2) is 30.4 Å². The summed E-state index contributed by atoms with van der Waals surface area (Å²) in [4.78, 5) is 25.6. The van der Waals surface area contributed by atoms with Crippen molar-refractivity contribution in [2.24, 2.45) is 0 Å². The van der Waals surface area contributed by atoms with Crippen LogP contribution in [-0.2, 0) is 9.59 Å². The van der Waals surface area contributed by atoms with Crippen molar-refractivity contribution in [1.29, 1.82) is 0 Å². The van der Waals surface area contributed by atoms with Crippen LogP contribution in [0.1, 0.15) is 13.8 Å². The van der Waals surface area contributed by atoms with E-state index in [0.29, 0.717) is 23.7 Å². The monoisotopic (exact) mass is 376 g/mol. The number of rotatable bonds is 3. The highest BCUT2D eigenvalue weighted by atomic mass is 35.6. The highest BCUT2D eigenvalue weighted by molar-refractivity contribution is 6.76. The Bertz CT molecular complexity index is 670. The van der Waals surface area contributed by atoms with E-state index in [1.807, 2.05) is 6.92 Å². The number of nitrogens with one attached hydrogen (secondary N) is 1. The third-order valence-electron chi connectivity index (χ3n) is 3.11. The Balaban J connectivity index is 2.36. The minimum absolute atomic E-state index is 0.189. The standard InChI is InChI=1S/C15H15Cl3N2O3/c1-8(2)7-20-11-6-10(19-14(22)15(16,17)18)4-5-12(11)23-9(3)13(20)21/h4-6,9H,1,7H2,2-3H3,(H,19,22). The molecule has 1 N–H and O–H groups in total. The van der Waals surface area contributed by atoms with Gasteiger partial charge in [0, 0.05) is 12.2 Å². The Morgan fingerprint density at radius 1 is 1.43 bits per heavy atom. The van der Waals surface area contributed by atoms with E-state index in [0.717, 1.165) is 5.57 Å².